The first-order valence-electron chi connectivity index (χ1n) is 5.39. The van der Waals surface area contributed by atoms with Crippen LogP contribution in [0.1, 0.15) is 22.3 Å². The normalized spacial score (nSPS) is 11.4. The van der Waals surface area contributed by atoms with Crippen LogP contribution in [0, 0.1) is 5.82 Å². The van der Waals surface area contributed by atoms with Gasteiger partial charge in [-0.05, 0) is 18.2 Å². The number of methoxy groups -OCH3 is 1. The predicted octanol–water partition coefficient (Wildman–Crippen LogP) is 3.04. The Labute approximate surface area is 107 Å². The maximum Gasteiger partial charge on any atom is 0.419 e. The van der Waals surface area contributed by atoms with Crippen molar-refractivity contribution in [2.75, 3.05) is 20.3 Å². The first kappa shape index (κ1) is 15.4. The minimum Gasteiger partial charge on any atom is -0.462 e. The molecular formula is C12H12F4O3. The minimum atomic E-state index is -4.85. The number of ether oxygens (including phenoxy) is 2. The van der Waals surface area contributed by atoms with Crippen LogP contribution >= 0.6 is 0 Å². The summed E-state index contributed by atoms with van der Waals surface area (Å²) in [5.74, 6) is -2.36. The highest BCUT2D eigenvalue weighted by Crippen LogP contribution is 2.31. The molecular weight excluding hydrogens is 268 g/mol. The van der Waals surface area contributed by atoms with Crippen molar-refractivity contribution >= 4 is 5.97 Å². The number of esters is 1. The first-order chi connectivity index (χ1) is 8.86. The van der Waals surface area contributed by atoms with Gasteiger partial charge in [0.2, 0.25) is 0 Å². The van der Waals surface area contributed by atoms with Crippen molar-refractivity contribution < 1.29 is 31.8 Å². The van der Waals surface area contributed by atoms with Gasteiger partial charge in [0.25, 0.3) is 0 Å². The monoisotopic (exact) mass is 280 g/mol. The number of rotatable bonds is 5. The fourth-order valence-corrected chi connectivity index (χ4v) is 1.32. The van der Waals surface area contributed by atoms with Crippen LogP contribution < -0.4 is 0 Å². The van der Waals surface area contributed by atoms with Crippen molar-refractivity contribution in [2.45, 2.75) is 12.6 Å². The Morgan fingerprint density at radius 3 is 2.53 bits per heavy atom. The quantitative estimate of drug-likeness (QED) is 0.472. The molecule has 0 saturated carbocycles. The van der Waals surface area contributed by atoms with E-state index >= 15 is 0 Å². The Balaban J connectivity index is 2.76. The van der Waals surface area contributed by atoms with Gasteiger partial charge in [0.15, 0.2) is 0 Å². The Hall–Kier alpha value is -1.63. The zero-order valence-electron chi connectivity index (χ0n) is 10.1. The van der Waals surface area contributed by atoms with Crippen molar-refractivity contribution in [3.05, 3.63) is 35.1 Å². The first-order valence-corrected chi connectivity index (χ1v) is 5.39. The average molecular weight is 280 g/mol. The SMILES string of the molecule is COCCCOC(=O)c1ccc(F)c(C(F)(F)F)c1. The summed E-state index contributed by atoms with van der Waals surface area (Å²) in [4.78, 5) is 11.4. The van der Waals surface area contributed by atoms with Crippen LogP contribution in [-0.4, -0.2) is 26.3 Å². The van der Waals surface area contributed by atoms with E-state index < -0.39 is 23.5 Å². The van der Waals surface area contributed by atoms with Gasteiger partial charge in [0.1, 0.15) is 5.82 Å². The van der Waals surface area contributed by atoms with Gasteiger partial charge >= 0.3 is 12.1 Å². The Morgan fingerprint density at radius 2 is 1.95 bits per heavy atom. The highest BCUT2D eigenvalue weighted by Gasteiger charge is 2.34. The fraction of sp³-hybridized carbons (Fsp3) is 0.417. The van der Waals surface area contributed by atoms with Crippen molar-refractivity contribution in [1.29, 1.82) is 0 Å². The molecule has 0 heterocycles. The lowest BCUT2D eigenvalue weighted by Crippen LogP contribution is -2.12. The number of hydrogen-bond acceptors (Lipinski definition) is 3. The highest BCUT2D eigenvalue weighted by atomic mass is 19.4. The molecule has 0 aromatic heterocycles. The minimum absolute atomic E-state index is 0.0192. The van der Waals surface area contributed by atoms with E-state index in [1.165, 1.54) is 7.11 Å². The van der Waals surface area contributed by atoms with Crippen LogP contribution in [0.2, 0.25) is 0 Å². The zero-order chi connectivity index (χ0) is 14.5. The largest absolute Gasteiger partial charge is 0.462 e. The molecule has 0 radical (unpaired) electrons. The summed E-state index contributed by atoms with van der Waals surface area (Å²) in [6.45, 7) is 0.385. The van der Waals surface area contributed by atoms with Crippen LogP contribution in [0.3, 0.4) is 0 Å². The predicted molar refractivity (Wildman–Crippen MR) is 58.2 cm³/mol. The zero-order valence-corrected chi connectivity index (χ0v) is 10.1. The molecule has 0 spiro atoms. The molecule has 0 unspecified atom stereocenters. The van der Waals surface area contributed by atoms with Crippen molar-refractivity contribution in [2.24, 2.45) is 0 Å². The van der Waals surface area contributed by atoms with Gasteiger partial charge in [-0.15, -0.1) is 0 Å². The van der Waals surface area contributed by atoms with Crippen LogP contribution in [0.25, 0.3) is 0 Å². The third kappa shape index (κ3) is 4.51. The molecule has 1 aromatic carbocycles. The molecule has 1 aromatic rings. The van der Waals surface area contributed by atoms with Crippen LogP contribution in [-0.2, 0) is 15.7 Å². The number of halogens is 4. The lowest BCUT2D eigenvalue weighted by atomic mass is 10.1. The van der Waals surface area contributed by atoms with E-state index in [0.717, 1.165) is 6.07 Å². The topological polar surface area (TPSA) is 35.5 Å². The molecule has 0 saturated heterocycles. The van der Waals surface area contributed by atoms with E-state index in [9.17, 15) is 22.4 Å². The fourth-order valence-electron chi connectivity index (χ4n) is 1.32. The van der Waals surface area contributed by atoms with E-state index in [0.29, 0.717) is 25.2 Å². The van der Waals surface area contributed by atoms with Crippen LogP contribution in [0.15, 0.2) is 18.2 Å². The summed E-state index contributed by atoms with van der Waals surface area (Å²) in [5.41, 5.74) is -1.83. The van der Waals surface area contributed by atoms with E-state index in [2.05, 4.69) is 0 Å². The van der Waals surface area contributed by atoms with Crippen molar-refractivity contribution in [1.82, 2.24) is 0 Å². The highest BCUT2D eigenvalue weighted by molar-refractivity contribution is 5.89. The van der Waals surface area contributed by atoms with Gasteiger partial charge in [0.05, 0.1) is 17.7 Å². The summed E-state index contributed by atoms with van der Waals surface area (Å²) in [5, 5.41) is 0. The molecule has 0 aliphatic rings. The third-order valence-corrected chi connectivity index (χ3v) is 2.23. The van der Waals surface area contributed by atoms with Gasteiger partial charge in [-0.2, -0.15) is 13.2 Å². The number of benzene rings is 1. The molecule has 0 bridgehead atoms. The van der Waals surface area contributed by atoms with Gasteiger partial charge in [-0.3, -0.25) is 0 Å². The summed E-state index contributed by atoms with van der Waals surface area (Å²) >= 11 is 0. The Bertz CT molecular complexity index is 443. The third-order valence-electron chi connectivity index (χ3n) is 2.23. The lowest BCUT2D eigenvalue weighted by Gasteiger charge is -2.10. The maximum atomic E-state index is 13.0. The lowest BCUT2D eigenvalue weighted by molar-refractivity contribution is -0.140. The van der Waals surface area contributed by atoms with E-state index in [-0.39, 0.29) is 12.2 Å². The van der Waals surface area contributed by atoms with Crippen LogP contribution in [0.4, 0.5) is 17.6 Å². The van der Waals surface area contributed by atoms with E-state index in [4.69, 9.17) is 9.47 Å². The molecule has 0 atom stereocenters. The number of hydrogen-bond donors (Lipinski definition) is 0. The standard InChI is InChI=1S/C12H12F4O3/c1-18-5-2-6-19-11(17)8-3-4-10(13)9(7-8)12(14,15)16/h3-4,7H,2,5-6H2,1H3. The molecule has 0 fully saturated rings. The van der Waals surface area contributed by atoms with Crippen LogP contribution in [0.5, 0.6) is 0 Å². The molecule has 0 N–H and O–H groups in total. The second-order valence-electron chi connectivity index (χ2n) is 3.67. The average Bonchev–Trinajstić information content (AvgIpc) is 2.33. The molecule has 0 aliphatic carbocycles. The van der Waals surface area contributed by atoms with Gasteiger partial charge in [-0.25, -0.2) is 9.18 Å². The summed E-state index contributed by atoms with van der Waals surface area (Å²) < 4.78 is 59.7. The number of alkyl halides is 3. The number of carbonyl (C=O) groups excluding carboxylic acids is 1. The molecule has 1 rings (SSSR count). The van der Waals surface area contributed by atoms with Crippen molar-refractivity contribution in [3.63, 3.8) is 0 Å². The van der Waals surface area contributed by atoms with E-state index in [1.54, 1.807) is 0 Å². The second kappa shape index (κ2) is 6.51. The maximum absolute atomic E-state index is 13.0. The molecule has 106 valence electrons. The van der Waals surface area contributed by atoms with Gasteiger partial charge < -0.3 is 9.47 Å². The summed E-state index contributed by atoms with van der Waals surface area (Å²) in [6, 6.07) is 1.98. The summed E-state index contributed by atoms with van der Waals surface area (Å²) in [7, 11) is 1.47. The molecule has 0 amide bonds. The van der Waals surface area contributed by atoms with Gasteiger partial charge in [-0.1, -0.05) is 0 Å². The smallest absolute Gasteiger partial charge is 0.419 e. The number of carbonyl (C=O) groups is 1. The molecule has 3 nitrogen and oxygen atoms in total. The summed E-state index contributed by atoms with van der Waals surface area (Å²) in [6.07, 6.45) is -4.42. The molecule has 7 heteroatoms. The second-order valence-corrected chi connectivity index (χ2v) is 3.67. The molecule has 0 aliphatic heterocycles. The Morgan fingerprint density at radius 1 is 1.26 bits per heavy atom. The Kier molecular flexibility index (Phi) is 5.29. The van der Waals surface area contributed by atoms with Crippen molar-refractivity contribution in [3.8, 4) is 0 Å². The molecule has 19 heavy (non-hydrogen) atoms. The van der Waals surface area contributed by atoms with Gasteiger partial charge in [0, 0.05) is 20.1 Å². The van der Waals surface area contributed by atoms with E-state index in [1.807, 2.05) is 0 Å².